The number of hydrogen-bond donors (Lipinski definition) is 2. The average molecular weight is 554 g/mol. The summed E-state index contributed by atoms with van der Waals surface area (Å²) in [4.78, 5) is 33.9. The molecule has 0 aliphatic carbocycles. The zero-order chi connectivity index (χ0) is 28.3. The van der Waals surface area contributed by atoms with Crippen LogP contribution in [0.5, 0.6) is 0 Å². The largest absolute Gasteiger partial charge is 0.444 e. The Morgan fingerprint density at radius 1 is 1.11 bits per heavy atom. The van der Waals surface area contributed by atoms with Crippen molar-refractivity contribution in [2.24, 2.45) is 0 Å². The first-order chi connectivity index (χ1) is 17.5. The van der Waals surface area contributed by atoms with Crippen LogP contribution in [0, 0.1) is 6.92 Å². The second-order valence-electron chi connectivity index (χ2n) is 10.4. The molecule has 0 aliphatic heterocycles. The summed E-state index contributed by atoms with van der Waals surface area (Å²) in [7, 11) is 0. The van der Waals surface area contributed by atoms with Crippen LogP contribution in [0.15, 0.2) is 30.0 Å². The van der Waals surface area contributed by atoms with Gasteiger partial charge in [0.05, 0.1) is 17.8 Å². The van der Waals surface area contributed by atoms with Crippen LogP contribution < -0.4 is 10.6 Å². The highest BCUT2D eigenvalue weighted by Gasteiger charge is 2.36. The number of nitrogens with one attached hydrogen (secondary N) is 2. The molecule has 2 amide bonds. The second-order valence-corrected chi connectivity index (χ2v) is 11.1. The van der Waals surface area contributed by atoms with Gasteiger partial charge in [0.2, 0.25) is 5.91 Å². The summed E-state index contributed by atoms with van der Waals surface area (Å²) < 4.78 is 51.0. The molecule has 3 aromatic rings. The molecule has 0 saturated heterocycles. The topological polar surface area (TPSA) is 124 Å². The monoisotopic (exact) mass is 553 g/mol. The Labute approximate surface area is 222 Å². The van der Waals surface area contributed by atoms with E-state index < -0.39 is 41.1 Å². The minimum atomic E-state index is -4.67. The van der Waals surface area contributed by atoms with Gasteiger partial charge in [-0.2, -0.15) is 18.3 Å². The van der Waals surface area contributed by atoms with Crippen molar-refractivity contribution in [3.8, 4) is 11.3 Å². The molecule has 10 nitrogen and oxygen atoms in total. The van der Waals surface area contributed by atoms with Gasteiger partial charge >= 0.3 is 12.3 Å². The number of ether oxygens (including phenoxy) is 1. The molecule has 14 heteroatoms. The Bertz CT molecular complexity index is 1250. The fourth-order valence-electron chi connectivity index (χ4n) is 3.49. The normalized spacial score (nSPS) is 13.2. The molecule has 0 fully saturated rings. The molecule has 1 atom stereocenters. The van der Waals surface area contributed by atoms with Crippen LogP contribution >= 0.6 is 11.5 Å². The first kappa shape index (κ1) is 29.0. The molecule has 38 heavy (non-hydrogen) atoms. The lowest BCUT2D eigenvalue weighted by molar-refractivity contribution is -0.141. The van der Waals surface area contributed by atoms with E-state index in [4.69, 9.17) is 4.74 Å². The third kappa shape index (κ3) is 8.23. The molecular formula is C24H30F3N7O3S. The highest BCUT2D eigenvalue weighted by molar-refractivity contribution is 7.03. The number of alkyl carbamates (subject to hydrolysis) is 1. The number of halogens is 3. The van der Waals surface area contributed by atoms with Crippen LogP contribution in [0.4, 0.5) is 18.0 Å². The fourth-order valence-corrected chi connectivity index (χ4v) is 4.04. The molecule has 3 heterocycles. The van der Waals surface area contributed by atoms with Crippen molar-refractivity contribution >= 4 is 23.5 Å². The van der Waals surface area contributed by atoms with Gasteiger partial charge in [0.25, 0.3) is 0 Å². The van der Waals surface area contributed by atoms with Crippen LogP contribution in [0.2, 0.25) is 0 Å². The third-order valence-corrected chi connectivity index (χ3v) is 5.72. The van der Waals surface area contributed by atoms with Crippen molar-refractivity contribution in [1.29, 1.82) is 0 Å². The smallest absolute Gasteiger partial charge is 0.435 e. The standard InChI is InChI=1S/C24H30F3N7O3S/c1-14-28-10-16(11-29-14)18-8-19(24(25,26)27)33-34(18)13-23(5,6)32-20(35)17(7-15-9-30-38-12-15)31-21(36)37-22(2,3)4/h8-12,17H,7,13H2,1-6H3,(H,31,36)(H,32,35)/t17-/m1/s1. The molecule has 3 rings (SSSR count). The van der Waals surface area contributed by atoms with Gasteiger partial charge in [-0.1, -0.05) is 0 Å². The highest BCUT2D eigenvalue weighted by Crippen LogP contribution is 2.32. The number of alkyl halides is 3. The van der Waals surface area contributed by atoms with Crippen molar-refractivity contribution in [1.82, 2.24) is 34.8 Å². The van der Waals surface area contributed by atoms with Crippen molar-refractivity contribution < 1.29 is 27.5 Å². The lowest BCUT2D eigenvalue weighted by atomic mass is 10.0. The van der Waals surface area contributed by atoms with E-state index in [-0.39, 0.29) is 18.7 Å². The summed E-state index contributed by atoms with van der Waals surface area (Å²) in [5.74, 6) is -0.0803. The first-order valence-electron chi connectivity index (χ1n) is 11.7. The van der Waals surface area contributed by atoms with Gasteiger partial charge in [-0.3, -0.25) is 9.48 Å². The molecule has 206 valence electrons. The molecule has 0 aliphatic rings. The summed E-state index contributed by atoms with van der Waals surface area (Å²) >= 11 is 1.20. The van der Waals surface area contributed by atoms with Gasteiger partial charge in [0, 0.05) is 36.0 Å². The fraction of sp³-hybridized carbons (Fsp3) is 0.500. The van der Waals surface area contributed by atoms with Gasteiger partial charge in [0.15, 0.2) is 5.69 Å². The van der Waals surface area contributed by atoms with E-state index in [1.165, 1.54) is 23.9 Å². The number of aromatic nitrogens is 5. The van der Waals surface area contributed by atoms with E-state index in [1.807, 2.05) is 0 Å². The number of nitrogens with zero attached hydrogens (tertiary/aromatic N) is 5. The number of carbonyl (C=O) groups is 2. The maximum Gasteiger partial charge on any atom is 0.435 e. The number of hydrogen-bond acceptors (Lipinski definition) is 8. The summed E-state index contributed by atoms with van der Waals surface area (Å²) in [5.41, 5.74) is -1.71. The number of amides is 2. The minimum absolute atomic E-state index is 0.114. The first-order valence-corrected chi connectivity index (χ1v) is 12.5. The predicted molar refractivity (Wildman–Crippen MR) is 134 cm³/mol. The summed E-state index contributed by atoms with van der Waals surface area (Å²) in [5, 5.41) is 10.9. The van der Waals surface area contributed by atoms with E-state index in [0.29, 0.717) is 11.4 Å². The maximum atomic E-state index is 13.5. The maximum absolute atomic E-state index is 13.5. The molecule has 3 aromatic heterocycles. The van der Waals surface area contributed by atoms with Gasteiger partial charge < -0.3 is 15.4 Å². The Morgan fingerprint density at radius 3 is 2.32 bits per heavy atom. The summed E-state index contributed by atoms with van der Waals surface area (Å²) in [6.07, 6.45) is -0.888. The second kappa shape index (κ2) is 11.1. The number of rotatable bonds is 8. The average Bonchev–Trinajstić information content (AvgIpc) is 3.41. The summed E-state index contributed by atoms with van der Waals surface area (Å²) in [6.45, 7) is 9.93. The lowest BCUT2D eigenvalue weighted by Crippen LogP contribution is -2.55. The van der Waals surface area contributed by atoms with Crippen LogP contribution in [-0.4, -0.2) is 53.3 Å². The lowest BCUT2D eigenvalue weighted by Gasteiger charge is -2.30. The van der Waals surface area contributed by atoms with Gasteiger partial charge in [-0.05, 0) is 64.7 Å². The van der Waals surface area contributed by atoms with Crippen LogP contribution in [0.1, 0.15) is 51.7 Å². The molecule has 0 unspecified atom stereocenters. The molecule has 0 spiro atoms. The van der Waals surface area contributed by atoms with E-state index in [0.717, 1.165) is 16.3 Å². The number of aryl methyl sites for hydroxylation is 1. The van der Waals surface area contributed by atoms with E-state index in [2.05, 4.69) is 30.1 Å². The number of carbonyl (C=O) groups excluding carboxylic acids is 2. The predicted octanol–water partition coefficient (Wildman–Crippen LogP) is 4.15. The van der Waals surface area contributed by atoms with Crippen LogP contribution in [0.3, 0.4) is 0 Å². The van der Waals surface area contributed by atoms with Crippen molar-refractivity contribution in [2.75, 3.05) is 0 Å². The van der Waals surface area contributed by atoms with Crippen molar-refractivity contribution in [3.63, 3.8) is 0 Å². The van der Waals surface area contributed by atoms with Gasteiger partial charge in [-0.15, -0.1) is 0 Å². The van der Waals surface area contributed by atoms with Crippen molar-refractivity contribution in [2.45, 2.75) is 77.9 Å². The van der Waals surface area contributed by atoms with Gasteiger partial charge in [-0.25, -0.2) is 19.1 Å². The van der Waals surface area contributed by atoms with Gasteiger partial charge in [0.1, 0.15) is 17.5 Å². The zero-order valence-electron chi connectivity index (χ0n) is 21.9. The molecule has 0 bridgehead atoms. The third-order valence-electron chi connectivity index (χ3n) is 5.08. The highest BCUT2D eigenvalue weighted by atomic mass is 32.1. The van der Waals surface area contributed by atoms with E-state index in [9.17, 15) is 22.8 Å². The SMILES string of the molecule is Cc1ncc(-c2cc(C(F)(F)F)nn2CC(C)(C)NC(=O)[C@@H](Cc2cnsc2)NC(=O)OC(C)(C)C)cn1. The minimum Gasteiger partial charge on any atom is -0.444 e. The Morgan fingerprint density at radius 2 is 1.76 bits per heavy atom. The summed E-state index contributed by atoms with van der Waals surface area (Å²) in [6, 6.07) is -0.101. The molecule has 0 saturated carbocycles. The molecule has 0 aromatic carbocycles. The zero-order valence-corrected chi connectivity index (χ0v) is 22.7. The Kier molecular flexibility index (Phi) is 8.44. The molecule has 0 radical (unpaired) electrons. The van der Waals surface area contributed by atoms with E-state index >= 15 is 0 Å². The quantitative estimate of drug-likeness (QED) is 0.429. The van der Waals surface area contributed by atoms with Crippen LogP contribution in [-0.2, 0) is 28.7 Å². The Hall–Kier alpha value is -3.55. The molecule has 2 N–H and O–H groups in total. The van der Waals surface area contributed by atoms with Crippen molar-refractivity contribution in [3.05, 3.63) is 47.1 Å². The molecular weight excluding hydrogens is 523 g/mol. The van der Waals surface area contributed by atoms with E-state index in [1.54, 1.807) is 53.1 Å². The Balaban J connectivity index is 1.84. The van der Waals surface area contributed by atoms with Crippen LogP contribution in [0.25, 0.3) is 11.3 Å².